The number of benzene rings is 3. The highest BCUT2D eigenvalue weighted by Crippen LogP contribution is 2.29. The summed E-state index contributed by atoms with van der Waals surface area (Å²) in [6.45, 7) is 4.02. The molecule has 12 heteroatoms. The van der Waals surface area contributed by atoms with Crippen LogP contribution in [0.5, 0.6) is 11.5 Å². The van der Waals surface area contributed by atoms with Crippen LogP contribution in [-0.2, 0) is 0 Å². The van der Waals surface area contributed by atoms with Crippen LogP contribution in [0.15, 0.2) is 96.4 Å². The molecule has 6 aromatic rings. The number of nitrogens with zero attached hydrogens (tertiary/aromatic N) is 6. The van der Waals surface area contributed by atoms with E-state index in [1.807, 2.05) is 48.5 Å². The molecule has 0 N–H and O–H groups in total. The van der Waals surface area contributed by atoms with Gasteiger partial charge in [0, 0.05) is 29.5 Å². The van der Waals surface area contributed by atoms with Gasteiger partial charge in [0.15, 0.2) is 17.3 Å². The minimum Gasteiger partial charge on any atom is -0.493 e. The minimum absolute atomic E-state index is 0.0537. The fourth-order valence-corrected chi connectivity index (χ4v) is 5.39. The van der Waals surface area contributed by atoms with E-state index >= 15 is 0 Å². The van der Waals surface area contributed by atoms with Crippen molar-refractivity contribution in [3.05, 3.63) is 134 Å². The van der Waals surface area contributed by atoms with Crippen LogP contribution >= 0.6 is 11.3 Å². The van der Waals surface area contributed by atoms with Gasteiger partial charge in [-0.05, 0) is 42.0 Å². The highest BCUT2D eigenvalue weighted by atomic mass is 32.1. The summed E-state index contributed by atoms with van der Waals surface area (Å²) in [6, 6.07) is 21.2. The molecule has 0 saturated heterocycles. The van der Waals surface area contributed by atoms with E-state index in [0.29, 0.717) is 50.2 Å². The molecule has 0 radical (unpaired) electrons. The van der Waals surface area contributed by atoms with Crippen LogP contribution in [0.1, 0.15) is 17.0 Å². The number of thiazole rings is 1. The van der Waals surface area contributed by atoms with Crippen LogP contribution in [0.3, 0.4) is 0 Å². The van der Waals surface area contributed by atoms with Crippen molar-refractivity contribution in [2.24, 2.45) is 0 Å². The van der Waals surface area contributed by atoms with Crippen molar-refractivity contribution >= 4 is 40.2 Å². The third-order valence-corrected chi connectivity index (χ3v) is 7.51. The van der Waals surface area contributed by atoms with Gasteiger partial charge in [0.25, 0.3) is 11.2 Å². The lowest BCUT2D eigenvalue weighted by Crippen LogP contribution is -2.23. The van der Waals surface area contributed by atoms with Crippen LogP contribution in [0.4, 0.5) is 5.69 Å². The van der Waals surface area contributed by atoms with E-state index < -0.39 is 4.92 Å². The fraction of sp³-hybridized carbons (Fsp3) is 0.0625. The van der Waals surface area contributed by atoms with Crippen molar-refractivity contribution in [3.63, 3.8) is 0 Å². The summed E-state index contributed by atoms with van der Waals surface area (Å²) in [6.07, 6.45) is 8.69. The predicted octanol–water partition coefficient (Wildman–Crippen LogP) is 5.20. The first-order chi connectivity index (χ1) is 21.4. The zero-order valence-corrected chi connectivity index (χ0v) is 24.2. The second-order valence-corrected chi connectivity index (χ2v) is 10.5. The smallest absolute Gasteiger partial charge is 0.291 e. The maximum atomic E-state index is 13.4. The van der Waals surface area contributed by atoms with E-state index in [1.165, 1.54) is 28.0 Å². The highest BCUT2D eigenvalue weighted by molar-refractivity contribution is 7.15. The topological polar surface area (TPSA) is 127 Å². The molecule has 3 aromatic heterocycles. The summed E-state index contributed by atoms with van der Waals surface area (Å²) < 4.78 is 14.4. The number of non-ortho nitro benzene ring substituents is 1. The van der Waals surface area contributed by atoms with Crippen molar-refractivity contribution in [2.45, 2.75) is 0 Å². The molecule has 0 aliphatic heterocycles. The van der Waals surface area contributed by atoms with E-state index in [0.717, 1.165) is 11.3 Å². The molecule has 11 nitrogen and oxygen atoms in total. The first-order valence-corrected chi connectivity index (χ1v) is 14.2. The van der Waals surface area contributed by atoms with Crippen molar-refractivity contribution in [1.82, 2.24) is 24.4 Å². The third-order valence-electron chi connectivity index (χ3n) is 6.55. The second-order valence-electron chi connectivity index (χ2n) is 9.44. The number of ether oxygens (including phenoxy) is 2. The Hall–Kier alpha value is -5.88. The maximum Gasteiger partial charge on any atom is 0.291 e. The minimum atomic E-state index is -0.451. The van der Waals surface area contributed by atoms with Gasteiger partial charge in [0.05, 0.1) is 22.3 Å². The average molecular weight is 605 g/mol. The van der Waals surface area contributed by atoms with Gasteiger partial charge in [-0.1, -0.05) is 66.5 Å². The number of methoxy groups -OCH3 is 1. The Balaban J connectivity index is 1.35. The lowest BCUT2D eigenvalue weighted by atomic mass is 10.1. The number of fused-ring (bicyclic) bond motifs is 1. The van der Waals surface area contributed by atoms with E-state index in [9.17, 15) is 14.9 Å². The van der Waals surface area contributed by atoms with E-state index in [4.69, 9.17) is 14.6 Å². The quantitative estimate of drug-likeness (QED) is 0.119. The van der Waals surface area contributed by atoms with Crippen LogP contribution in [0, 0.1) is 10.1 Å². The zero-order valence-electron chi connectivity index (χ0n) is 23.4. The van der Waals surface area contributed by atoms with Crippen molar-refractivity contribution < 1.29 is 14.4 Å². The molecule has 0 fully saturated rings. The molecular formula is C32H24N6O5S. The normalized spacial score (nSPS) is 11.8. The Bertz CT molecular complexity index is 2150. The van der Waals surface area contributed by atoms with Gasteiger partial charge in [-0.15, -0.1) is 5.10 Å². The lowest BCUT2D eigenvalue weighted by molar-refractivity contribution is -0.384. The standard InChI is InChI=1S/C32H24N6O5S/c1-3-16-43-26-14-12-21(17-27(26)42-2)13-15-29-33-32-37(34-29)31(39)28(44-32)19-23-20-36(24-9-5-4-6-10-24)35-30(23)22-8-7-11-25(18-22)38(40)41/h3-15,17-20H,1,16H2,2H3/b15-13+,28-19-. The summed E-state index contributed by atoms with van der Waals surface area (Å²) in [5, 5.41) is 20.5. The molecule has 3 aromatic carbocycles. The number of nitro benzene ring substituents is 1. The number of hydrogen-bond donors (Lipinski definition) is 0. The van der Waals surface area contributed by atoms with Crippen molar-refractivity contribution in [3.8, 4) is 28.4 Å². The predicted molar refractivity (Wildman–Crippen MR) is 169 cm³/mol. The number of aromatic nitrogens is 5. The third kappa shape index (κ3) is 5.74. The number of nitro groups is 1. The van der Waals surface area contributed by atoms with Gasteiger partial charge in [-0.3, -0.25) is 14.9 Å². The summed E-state index contributed by atoms with van der Waals surface area (Å²) in [5.41, 5.74) is 2.92. The van der Waals surface area contributed by atoms with E-state index in [-0.39, 0.29) is 11.2 Å². The SMILES string of the molecule is C=CCOc1ccc(/C=C/c2nc3s/c(=C\c4cn(-c5ccccc5)nc4-c4cccc([N+](=O)[O-])c4)c(=O)n3n2)cc1OC. The second kappa shape index (κ2) is 12.2. The van der Waals surface area contributed by atoms with Crippen LogP contribution in [0.2, 0.25) is 0 Å². The maximum absolute atomic E-state index is 13.4. The molecule has 44 heavy (non-hydrogen) atoms. The highest BCUT2D eigenvalue weighted by Gasteiger charge is 2.16. The Kier molecular flexibility index (Phi) is 7.80. The molecule has 0 amide bonds. The molecule has 0 aliphatic carbocycles. The molecule has 0 spiro atoms. The number of hydrogen-bond acceptors (Lipinski definition) is 9. The summed E-state index contributed by atoms with van der Waals surface area (Å²) in [7, 11) is 1.57. The van der Waals surface area contributed by atoms with Crippen LogP contribution in [-0.4, -0.2) is 43.0 Å². The van der Waals surface area contributed by atoms with Crippen molar-refractivity contribution in [2.75, 3.05) is 13.7 Å². The van der Waals surface area contributed by atoms with Crippen LogP contribution < -0.4 is 19.6 Å². The molecule has 0 unspecified atom stereocenters. The van der Waals surface area contributed by atoms with Gasteiger partial charge in [-0.25, -0.2) is 4.68 Å². The van der Waals surface area contributed by atoms with E-state index in [1.54, 1.807) is 54.4 Å². The molecule has 0 atom stereocenters. The zero-order chi connectivity index (χ0) is 30.6. The van der Waals surface area contributed by atoms with Gasteiger partial charge in [0.2, 0.25) is 4.96 Å². The largest absolute Gasteiger partial charge is 0.493 e. The van der Waals surface area contributed by atoms with Crippen molar-refractivity contribution in [1.29, 1.82) is 0 Å². The van der Waals surface area contributed by atoms with Gasteiger partial charge < -0.3 is 9.47 Å². The van der Waals surface area contributed by atoms with Gasteiger partial charge in [0.1, 0.15) is 12.3 Å². The molecule has 3 heterocycles. The Morgan fingerprint density at radius 2 is 1.86 bits per heavy atom. The first-order valence-electron chi connectivity index (χ1n) is 13.3. The Morgan fingerprint density at radius 3 is 2.61 bits per heavy atom. The number of para-hydroxylation sites is 1. The number of rotatable bonds is 10. The molecule has 0 aliphatic rings. The van der Waals surface area contributed by atoms with E-state index in [2.05, 4.69) is 16.7 Å². The Labute approximate surface area is 254 Å². The fourth-order valence-electron chi connectivity index (χ4n) is 4.48. The summed E-state index contributed by atoms with van der Waals surface area (Å²) >= 11 is 1.19. The molecule has 218 valence electrons. The molecule has 6 rings (SSSR count). The van der Waals surface area contributed by atoms with Gasteiger partial charge in [-0.2, -0.15) is 14.6 Å². The molecule has 0 bridgehead atoms. The van der Waals surface area contributed by atoms with Gasteiger partial charge >= 0.3 is 0 Å². The molecule has 0 saturated carbocycles. The lowest BCUT2D eigenvalue weighted by Gasteiger charge is -2.09. The summed E-state index contributed by atoms with van der Waals surface area (Å²) in [5.74, 6) is 1.56. The van der Waals surface area contributed by atoms with Crippen LogP contribution in [0.25, 0.3) is 40.1 Å². The monoisotopic (exact) mass is 604 g/mol. The Morgan fingerprint density at radius 1 is 1.02 bits per heavy atom. The average Bonchev–Trinajstić information content (AvgIpc) is 3.74. The first kappa shape index (κ1) is 28.2. The summed E-state index contributed by atoms with van der Waals surface area (Å²) in [4.78, 5) is 29.3. The molecular weight excluding hydrogens is 580 g/mol.